The lowest BCUT2D eigenvalue weighted by atomic mass is 9.99. The summed E-state index contributed by atoms with van der Waals surface area (Å²) in [7, 11) is -6.45. The Hall–Kier alpha value is -3.88. The van der Waals surface area contributed by atoms with Gasteiger partial charge in [-0.25, -0.2) is 13.2 Å². The predicted octanol–water partition coefficient (Wildman–Crippen LogP) is 7.12. The minimum absolute atomic E-state index is 0.0209. The third-order valence-electron chi connectivity index (χ3n) is 7.40. The highest BCUT2D eigenvalue weighted by Gasteiger charge is 2.27. The first-order chi connectivity index (χ1) is 22.1. The first-order valence-electron chi connectivity index (χ1n) is 14.5. The second kappa shape index (κ2) is 15.3. The summed E-state index contributed by atoms with van der Waals surface area (Å²) in [5.74, 6) is -0.134. The van der Waals surface area contributed by atoms with Gasteiger partial charge >= 0.3 is 5.97 Å². The monoisotopic (exact) mass is 713 g/mol. The third kappa shape index (κ3) is 9.81. The van der Waals surface area contributed by atoms with Gasteiger partial charge in [0.1, 0.15) is 25.5 Å². The zero-order chi connectivity index (χ0) is 34.4. The number of phenolic OH excluding ortho intramolecular Hbond substituents is 1. The van der Waals surface area contributed by atoms with Gasteiger partial charge in [-0.15, -0.1) is 0 Å². The third-order valence-corrected chi connectivity index (χ3v) is 11.2. The first-order valence-corrected chi connectivity index (χ1v) is 19.4. The fourth-order valence-corrected chi connectivity index (χ4v) is 7.62. The van der Waals surface area contributed by atoms with Crippen molar-refractivity contribution in [3.05, 3.63) is 135 Å². The molecule has 2 N–H and O–H groups in total. The second-order valence-corrected chi connectivity index (χ2v) is 16.9. The van der Waals surface area contributed by atoms with E-state index in [4.69, 9.17) is 27.9 Å². The van der Waals surface area contributed by atoms with Gasteiger partial charge in [0.25, 0.3) is 5.91 Å². The van der Waals surface area contributed by atoms with Crippen molar-refractivity contribution < 1.29 is 32.4 Å². The number of ether oxygens (including phenoxy) is 1. The largest absolute Gasteiger partial charge is 0.508 e. The molecule has 1 amide bonds. The van der Waals surface area contributed by atoms with Crippen molar-refractivity contribution in [3.8, 4) is 5.75 Å². The minimum atomic E-state index is -3.51. The molecule has 0 spiro atoms. The van der Waals surface area contributed by atoms with Crippen LogP contribution in [-0.4, -0.2) is 44.4 Å². The Kier molecular flexibility index (Phi) is 11.7. The van der Waals surface area contributed by atoms with Crippen LogP contribution in [0.4, 0.5) is 0 Å². The Morgan fingerprint density at radius 3 is 2.21 bits per heavy atom. The van der Waals surface area contributed by atoms with Gasteiger partial charge in [-0.1, -0.05) is 90.8 Å². The van der Waals surface area contributed by atoms with E-state index in [2.05, 4.69) is 5.32 Å². The fourth-order valence-electron chi connectivity index (χ4n) is 4.72. The average Bonchev–Trinajstić information content (AvgIpc) is 3.02. The summed E-state index contributed by atoms with van der Waals surface area (Å²) in [5, 5.41) is 13.0. The number of rotatable bonds is 12. The number of nitrogens with one attached hydrogen (secondary N) is 1. The molecule has 0 aliphatic heterocycles. The van der Waals surface area contributed by atoms with Crippen LogP contribution in [0.2, 0.25) is 10.0 Å². The van der Waals surface area contributed by atoms with Gasteiger partial charge in [0, 0.05) is 18.0 Å². The molecule has 4 aromatic rings. The summed E-state index contributed by atoms with van der Waals surface area (Å²) in [4.78, 5) is 26.9. The highest BCUT2D eigenvalue weighted by atomic mass is 35.5. The number of sulfone groups is 1. The molecule has 0 aliphatic rings. The summed E-state index contributed by atoms with van der Waals surface area (Å²) >= 11 is 13.2. The van der Waals surface area contributed by atoms with E-state index in [0.29, 0.717) is 16.4 Å². The van der Waals surface area contributed by atoms with E-state index >= 15 is 0 Å². The van der Waals surface area contributed by atoms with Crippen molar-refractivity contribution in [1.29, 1.82) is 0 Å². The van der Waals surface area contributed by atoms with E-state index < -0.39 is 34.9 Å². The number of carbonyl (C=O) groups is 2. The minimum Gasteiger partial charge on any atom is -0.508 e. The van der Waals surface area contributed by atoms with Crippen LogP contribution >= 0.6 is 30.3 Å². The summed E-state index contributed by atoms with van der Waals surface area (Å²) in [6.45, 7) is 3.41. The molecular formula is C35H34Cl2NO7PS. The number of hydrogen-bond donors (Lipinski definition) is 2. The van der Waals surface area contributed by atoms with Crippen LogP contribution in [-0.2, 0) is 37.0 Å². The number of halogens is 2. The van der Waals surface area contributed by atoms with Crippen LogP contribution in [0.5, 0.6) is 5.75 Å². The SMILES string of the molecule is CC(/C=C/P(C)(=O)c1cccc(O)c1)c1cc(Cl)c(C(=O)N[C@@H](Cc2cccc(S(C)(=O)=O)c2)C(=O)OCc2ccccc2)c(Cl)c1. The molecule has 12 heteroatoms. The predicted molar refractivity (Wildman–Crippen MR) is 186 cm³/mol. The quantitative estimate of drug-likeness (QED) is 0.118. The topological polar surface area (TPSA) is 127 Å². The summed E-state index contributed by atoms with van der Waals surface area (Å²) in [6.07, 6.45) is 2.77. The van der Waals surface area contributed by atoms with Crippen molar-refractivity contribution in [1.82, 2.24) is 5.32 Å². The van der Waals surface area contributed by atoms with Gasteiger partial charge in [-0.05, 0) is 71.5 Å². The van der Waals surface area contributed by atoms with E-state index in [1.54, 1.807) is 79.2 Å². The highest BCUT2D eigenvalue weighted by Crippen LogP contribution is 2.43. The first kappa shape index (κ1) is 36.0. The Labute approximate surface area is 284 Å². The smallest absolute Gasteiger partial charge is 0.329 e. The number of hydrogen-bond acceptors (Lipinski definition) is 7. The van der Waals surface area contributed by atoms with E-state index in [1.165, 1.54) is 24.3 Å². The standard InChI is InChI=1S/C35H34Cl2NO7PS/c1-23(15-16-46(2,42)28-13-8-12-27(39)21-28)26-19-30(36)33(31(37)20-26)34(40)38-32(35(41)45-22-24-9-5-4-6-10-24)18-25-11-7-14-29(17-25)47(3,43)44/h4-17,19-21,23,32,39H,18,22H2,1-3H3,(H,38,40)/b16-15+/t23?,32-,46?/m0/s1. The van der Waals surface area contributed by atoms with Crippen molar-refractivity contribution in [2.45, 2.75) is 36.8 Å². The average molecular weight is 715 g/mol. The summed E-state index contributed by atoms with van der Waals surface area (Å²) < 4.78 is 43.1. The van der Waals surface area contributed by atoms with Crippen LogP contribution in [0.15, 0.2) is 108 Å². The zero-order valence-corrected chi connectivity index (χ0v) is 29.1. The van der Waals surface area contributed by atoms with Crippen LogP contribution in [0.3, 0.4) is 0 Å². The Morgan fingerprint density at radius 2 is 1.57 bits per heavy atom. The lowest BCUT2D eigenvalue weighted by Gasteiger charge is -2.20. The van der Waals surface area contributed by atoms with Crippen molar-refractivity contribution in [3.63, 3.8) is 0 Å². The molecule has 0 radical (unpaired) electrons. The maximum absolute atomic E-state index is 13.6. The van der Waals surface area contributed by atoms with E-state index in [0.717, 1.165) is 11.8 Å². The van der Waals surface area contributed by atoms with Crippen LogP contribution in [0.25, 0.3) is 0 Å². The van der Waals surface area contributed by atoms with Crippen LogP contribution < -0.4 is 10.6 Å². The Morgan fingerprint density at radius 1 is 0.936 bits per heavy atom. The van der Waals surface area contributed by atoms with E-state index in [-0.39, 0.29) is 45.2 Å². The highest BCUT2D eigenvalue weighted by molar-refractivity contribution is 7.90. The maximum Gasteiger partial charge on any atom is 0.329 e. The number of phenols is 1. The number of carbonyl (C=O) groups excluding carboxylic acids is 2. The lowest BCUT2D eigenvalue weighted by molar-refractivity contribution is -0.147. The molecule has 0 saturated carbocycles. The fraction of sp³-hybridized carbons (Fsp3) is 0.200. The number of aromatic hydroxyl groups is 1. The molecule has 3 atom stereocenters. The molecule has 0 aromatic heterocycles. The van der Waals surface area contributed by atoms with Crippen LogP contribution in [0.1, 0.15) is 39.9 Å². The van der Waals surface area contributed by atoms with Gasteiger partial charge in [0.2, 0.25) is 0 Å². The lowest BCUT2D eigenvalue weighted by Crippen LogP contribution is -2.43. The Balaban J connectivity index is 1.56. The molecule has 0 bridgehead atoms. The molecule has 4 aromatic carbocycles. The van der Waals surface area contributed by atoms with Crippen molar-refractivity contribution in [2.24, 2.45) is 0 Å². The molecule has 0 fully saturated rings. The molecule has 2 unspecified atom stereocenters. The molecule has 0 aliphatic carbocycles. The van der Waals surface area contributed by atoms with Gasteiger partial charge in [-0.2, -0.15) is 0 Å². The van der Waals surface area contributed by atoms with E-state index in [1.807, 2.05) is 13.0 Å². The number of allylic oxidation sites excluding steroid dienone is 1. The maximum atomic E-state index is 13.6. The van der Waals surface area contributed by atoms with Gasteiger partial charge < -0.3 is 19.7 Å². The second-order valence-electron chi connectivity index (χ2n) is 11.2. The molecule has 246 valence electrons. The number of amides is 1. The summed E-state index contributed by atoms with van der Waals surface area (Å²) in [6, 6.07) is 23.3. The normalized spacial score (nSPS) is 14.2. The molecule has 4 rings (SSSR count). The van der Waals surface area contributed by atoms with Crippen molar-refractivity contribution >= 4 is 57.4 Å². The molecule has 0 saturated heterocycles. The van der Waals surface area contributed by atoms with Gasteiger partial charge in [-0.3, -0.25) is 4.79 Å². The zero-order valence-electron chi connectivity index (χ0n) is 25.9. The molecule has 8 nitrogen and oxygen atoms in total. The molecule has 47 heavy (non-hydrogen) atoms. The molecular weight excluding hydrogens is 680 g/mol. The Bertz CT molecular complexity index is 1940. The van der Waals surface area contributed by atoms with Gasteiger partial charge in [0.05, 0.1) is 20.5 Å². The number of esters is 1. The molecule has 0 heterocycles. The number of benzene rings is 4. The van der Waals surface area contributed by atoms with E-state index in [9.17, 15) is 27.7 Å². The van der Waals surface area contributed by atoms with Crippen molar-refractivity contribution in [2.75, 3.05) is 12.9 Å². The van der Waals surface area contributed by atoms with Crippen LogP contribution in [0, 0.1) is 0 Å². The van der Waals surface area contributed by atoms with Gasteiger partial charge in [0.15, 0.2) is 9.84 Å². The summed E-state index contributed by atoms with van der Waals surface area (Å²) in [5.41, 5.74) is 1.83.